The molecule has 1 aliphatic heterocycles. The van der Waals surface area contributed by atoms with Crippen molar-refractivity contribution in [2.75, 3.05) is 13.2 Å². The Morgan fingerprint density at radius 1 is 1.04 bits per heavy atom. The number of hydrogen-bond donors (Lipinski definition) is 1. The number of carbonyl (C=O) groups is 2. The quantitative estimate of drug-likeness (QED) is 0.788. The first-order valence-corrected chi connectivity index (χ1v) is 9.42. The topological polar surface area (TPSA) is 58.6 Å². The third-order valence-corrected chi connectivity index (χ3v) is 5.38. The second kappa shape index (κ2) is 7.55. The van der Waals surface area contributed by atoms with Crippen molar-refractivity contribution in [1.29, 1.82) is 0 Å². The zero-order chi connectivity index (χ0) is 17.0. The maximum absolute atomic E-state index is 12.8. The van der Waals surface area contributed by atoms with Gasteiger partial charge in [0.05, 0.1) is 6.54 Å². The van der Waals surface area contributed by atoms with Crippen LogP contribution in [0, 0.1) is 0 Å². The normalized spacial score (nSPS) is 20.6. The highest BCUT2D eigenvalue weighted by Crippen LogP contribution is 2.32. The van der Waals surface area contributed by atoms with E-state index in [0.29, 0.717) is 6.61 Å². The van der Waals surface area contributed by atoms with Gasteiger partial charge in [-0.15, -0.1) is 0 Å². The van der Waals surface area contributed by atoms with Crippen LogP contribution in [0.4, 0.5) is 4.79 Å². The van der Waals surface area contributed by atoms with Gasteiger partial charge in [0.15, 0.2) is 0 Å². The molecule has 0 aromatic heterocycles. The first kappa shape index (κ1) is 17.3. The Kier molecular flexibility index (Phi) is 5.43. The van der Waals surface area contributed by atoms with Gasteiger partial charge in [-0.05, 0) is 37.1 Å². The van der Waals surface area contributed by atoms with E-state index in [9.17, 15) is 9.59 Å². The maximum Gasteiger partial charge on any atom is 0.325 e. The molecule has 130 valence electrons. The summed E-state index contributed by atoms with van der Waals surface area (Å²) in [6.07, 6.45) is 6.99. The summed E-state index contributed by atoms with van der Waals surface area (Å²) in [7, 11) is 0. The van der Waals surface area contributed by atoms with Crippen LogP contribution >= 0.6 is 15.9 Å². The molecule has 1 saturated carbocycles. The lowest BCUT2D eigenvalue weighted by Crippen LogP contribution is -2.47. The molecule has 24 heavy (non-hydrogen) atoms. The van der Waals surface area contributed by atoms with Crippen molar-refractivity contribution in [3.8, 4) is 5.75 Å². The highest BCUT2D eigenvalue weighted by atomic mass is 79.9. The van der Waals surface area contributed by atoms with Crippen molar-refractivity contribution in [1.82, 2.24) is 10.2 Å². The third-order valence-electron chi connectivity index (χ3n) is 4.85. The van der Waals surface area contributed by atoms with Crippen molar-refractivity contribution in [3.63, 3.8) is 0 Å². The number of benzene rings is 1. The Morgan fingerprint density at radius 3 is 2.33 bits per heavy atom. The van der Waals surface area contributed by atoms with E-state index in [2.05, 4.69) is 21.2 Å². The maximum atomic E-state index is 12.8. The third kappa shape index (κ3) is 3.74. The number of urea groups is 1. The van der Waals surface area contributed by atoms with Crippen LogP contribution in [-0.4, -0.2) is 35.5 Å². The molecule has 0 bridgehead atoms. The monoisotopic (exact) mass is 394 g/mol. The Hall–Kier alpha value is -1.56. The van der Waals surface area contributed by atoms with Gasteiger partial charge in [-0.1, -0.05) is 48.0 Å². The molecule has 1 N–H and O–H groups in total. The van der Waals surface area contributed by atoms with Crippen LogP contribution < -0.4 is 10.1 Å². The van der Waals surface area contributed by atoms with Gasteiger partial charge in [0, 0.05) is 4.47 Å². The minimum atomic E-state index is -0.672. The minimum Gasteiger partial charge on any atom is -0.492 e. The van der Waals surface area contributed by atoms with E-state index >= 15 is 0 Å². The van der Waals surface area contributed by atoms with Gasteiger partial charge in [-0.25, -0.2) is 4.79 Å². The summed E-state index contributed by atoms with van der Waals surface area (Å²) >= 11 is 3.37. The zero-order valence-corrected chi connectivity index (χ0v) is 15.3. The van der Waals surface area contributed by atoms with Crippen molar-refractivity contribution in [2.24, 2.45) is 0 Å². The van der Waals surface area contributed by atoms with Gasteiger partial charge in [-0.3, -0.25) is 9.69 Å². The molecule has 0 unspecified atom stereocenters. The molecule has 2 aliphatic rings. The van der Waals surface area contributed by atoms with Gasteiger partial charge in [0.1, 0.15) is 17.9 Å². The summed E-state index contributed by atoms with van der Waals surface area (Å²) in [6.45, 7) is 0.583. The van der Waals surface area contributed by atoms with Gasteiger partial charge in [-0.2, -0.15) is 0 Å². The fourth-order valence-electron chi connectivity index (χ4n) is 3.51. The predicted molar refractivity (Wildman–Crippen MR) is 94.9 cm³/mol. The lowest BCUT2D eigenvalue weighted by atomic mass is 9.84. The molecule has 2 fully saturated rings. The van der Waals surface area contributed by atoms with E-state index in [4.69, 9.17) is 4.74 Å². The highest BCUT2D eigenvalue weighted by molar-refractivity contribution is 9.10. The standard InChI is InChI=1S/C18H23BrN2O3/c19-14-6-8-15(9-7-14)24-13-12-21-16(22)18(20-17(21)23)10-4-2-1-3-5-11-18/h6-9H,1-5,10-13H2,(H,20,23). The van der Waals surface area contributed by atoms with E-state index in [0.717, 1.165) is 48.7 Å². The Morgan fingerprint density at radius 2 is 1.67 bits per heavy atom. The molecule has 3 amide bonds. The van der Waals surface area contributed by atoms with Crippen LogP contribution in [0.5, 0.6) is 5.75 Å². The summed E-state index contributed by atoms with van der Waals surface area (Å²) in [6, 6.07) is 7.22. The van der Waals surface area contributed by atoms with E-state index in [1.807, 2.05) is 24.3 Å². The SMILES string of the molecule is O=C1NC2(CCCCCCC2)C(=O)N1CCOc1ccc(Br)cc1. The second-order valence-electron chi connectivity index (χ2n) is 6.54. The lowest BCUT2D eigenvalue weighted by Gasteiger charge is -2.28. The fourth-order valence-corrected chi connectivity index (χ4v) is 3.78. The Labute approximate surface area is 150 Å². The number of carbonyl (C=O) groups excluding carboxylic acids is 2. The molecule has 3 rings (SSSR count). The molecule has 1 spiro atoms. The number of nitrogens with zero attached hydrogens (tertiary/aromatic N) is 1. The molecule has 1 heterocycles. The lowest BCUT2D eigenvalue weighted by molar-refractivity contribution is -0.132. The molecule has 1 aliphatic carbocycles. The number of hydrogen-bond acceptors (Lipinski definition) is 3. The van der Waals surface area contributed by atoms with Crippen molar-refractivity contribution in [3.05, 3.63) is 28.7 Å². The summed E-state index contributed by atoms with van der Waals surface area (Å²) in [4.78, 5) is 26.4. The van der Waals surface area contributed by atoms with Crippen molar-refractivity contribution < 1.29 is 14.3 Å². The van der Waals surface area contributed by atoms with Crippen LogP contribution in [0.1, 0.15) is 44.9 Å². The summed E-state index contributed by atoms with van der Waals surface area (Å²) in [5.74, 6) is 0.653. The smallest absolute Gasteiger partial charge is 0.325 e. The van der Waals surface area contributed by atoms with Gasteiger partial charge in [0.25, 0.3) is 5.91 Å². The molecule has 6 heteroatoms. The number of ether oxygens (including phenoxy) is 1. The van der Waals surface area contributed by atoms with Crippen molar-refractivity contribution in [2.45, 2.75) is 50.5 Å². The highest BCUT2D eigenvalue weighted by Gasteiger charge is 2.50. The zero-order valence-electron chi connectivity index (χ0n) is 13.7. The summed E-state index contributed by atoms with van der Waals surface area (Å²) in [5.41, 5.74) is -0.672. The van der Waals surface area contributed by atoms with Gasteiger partial charge in [0.2, 0.25) is 0 Å². The van der Waals surface area contributed by atoms with Crippen LogP contribution in [0.2, 0.25) is 0 Å². The molecule has 1 aromatic carbocycles. The molecule has 0 atom stereocenters. The second-order valence-corrected chi connectivity index (χ2v) is 7.45. The Bertz CT molecular complexity index is 595. The van der Waals surface area contributed by atoms with Gasteiger partial charge < -0.3 is 10.1 Å². The summed E-state index contributed by atoms with van der Waals surface area (Å²) < 4.78 is 6.63. The van der Waals surface area contributed by atoms with E-state index in [1.54, 1.807) is 0 Å². The van der Waals surface area contributed by atoms with Crippen molar-refractivity contribution >= 4 is 27.9 Å². The molecule has 0 radical (unpaired) electrons. The number of amides is 3. The molecule has 1 saturated heterocycles. The average Bonchev–Trinajstić information content (AvgIpc) is 2.78. The number of halogens is 1. The molecule has 1 aromatic rings. The first-order valence-electron chi connectivity index (χ1n) is 8.63. The number of nitrogens with one attached hydrogen (secondary N) is 1. The fraction of sp³-hybridized carbons (Fsp3) is 0.556. The average molecular weight is 395 g/mol. The molecule has 5 nitrogen and oxygen atoms in total. The van der Waals surface area contributed by atoms with Crippen LogP contribution in [0.15, 0.2) is 28.7 Å². The number of rotatable bonds is 4. The van der Waals surface area contributed by atoms with E-state index in [-0.39, 0.29) is 18.5 Å². The first-order chi connectivity index (χ1) is 11.6. The minimum absolute atomic E-state index is 0.0752. The predicted octanol–water partition coefficient (Wildman–Crippen LogP) is 3.86. The molecular formula is C18H23BrN2O3. The van der Waals surface area contributed by atoms with Crippen LogP contribution in [0.25, 0.3) is 0 Å². The van der Waals surface area contributed by atoms with Crippen LogP contribution in [-0.2, 0) is 4.79 Å². The number of imide groups is 1. The molecular weight excluding hydrogens is 372 g/mol. The Balaban J connectivity index is 1.58. The van der Waals surface area contributed by atoms with E-state index < -0.39 is 5.54 Å². The largest absolute Gasteiger partial charge is 0.492 e. The van der Waals surface area contributed by atoms with Crippen LogP contribution in [0.3, 0.4) is 0 Å². The summed E-state index contributed by atoms with van der Waals surface area (Å²) in [5, 5.41) is 2.97. The van der Waals surface area contributed by atoms with Gasteiger partial charge >= 0.3 is 6.03 Å². The van der Waals surface area contributed by atoms with E-state index in [1.165, 1.54) is 11.3 Å².